The van der Waals surface area contributed by atoms with Gasteiger partial charge in [-0.05, 0) is 46.8 Å². The number of hydrogen-bond acceptors (Lipinski definition) is 5. The third-order valence-electron chi connectivity index (χ3n) is 5.32. The number of pyridine rings is 1. The van der Waals surface area contributed by atoms with Gasteiger partial charge in [-0.25, -0.2) is 14.0 Å². The minimum atomic E-state index is -1.34. The zero-order valence-electron chi connectivity index (χ0n) is 18.4. The molecule has 1 aliphatic heterocycles. The van der Waals surface area contributed by atoms with Crippen LogP contribution in [-0.2, 0) is 11.3 Å². The van der Waals surface area contributed by atoms with Crippen LogP contribution in [0.5, 0.6) is 0 Å². The van der Waals surface area contributed by atoms with E-state index in [0.717, 1.165) is 6.07 Å². The first kappa shape index (κ1) is 22.6. The molecule has 3 rings (SSSR count). The van der Waals surface area contributed by atoms with Crippen LogP contribution >= 0.6 is 0 Å². The van der Waals surface area contributed by atoms with Crippen molar-refractivity contribution in [1.82, 2.24) is 9.47 Å². The summed E-state index contributed by atoms with van der Waals surface area (Å²) in [7, 11) is 0. The van der Waals surface area contributed by atoms with Gasteiger partial charge in [0.1, 0.15) is 17.0 Å². The fourth-order valence-electron chi connectivity index (χ4n) is 3.82. The predicted octanol–water partition coefficient (Wildman–Crippen LogP) is 3.30. The molecule has 31 heavy (non-hydrogen) atoms. The second-order valence-corrected chi connectivity index (χ2v) is 8.75. The van der Waals surface area contributed by atoms with Crippen molar-refractivity contribution in [3.63, 3.8) is 0 Å². The minimum Gasteiger partial charge on any atom is -0.477 e. The van der Waals surface area contributed by atoms with Crippen LogP contribution in [-0.4, -0.2) is 57.9 Å². The standard InChI is InChI=1S/C22H28FN3O5/c1-6-24-12-15(20(28)29)19(27)14-9-16(23)18(10-17(14)24)25-7-8-26(13(2)11-25)21(30)31-22(3,4)5/h9-10,12-13H,6-8,11H2,1-5H3,(H,28,29). The lowest BCUT2D eigenvalue weighted by molar-refractivity contribution is 0.0158. The highest BCUT2D eigenvalue weighted by Crippen LogP contribution is 2.28. The fraction of sp³-hybridized carbons (Fsp3) is 0.500. The highest BCUT2D eigenvalue weighted by molar-refractivity contribution is 5.93. The van der Waals surface area contributed by atoms with Crippen molar-refractivity contribution < 1.29 is 23.8 Å². The number of carbonyl (C=O) groups excluding carboxylic acids is 1. The number of halogens is 1. The summed E-state index contributed by atoms with van der Waals surface area (Å²) < 4.78 is 22.1. The molecule has 1 atom stereocenters. The van der Waals surface area contributed by atoms with Crippen LogP contribution in [0.1, 0.15) is 45.0 Å². The van der Waals surface area contributed by atoms with E-state index < -0.39 is 28.9 Å². The Balaban J connectivity index is 1.95. The summed E-state index contributed by atoms with van der Waals surface area (Å²) in [6.45, 7) is 10.7. The van der Waals surface area contributed by atoms with Crippen LogP contribution < -0.4 is 10.3 Å². The van der Waals surface area contributed by atoms with Crippen LogP contribution in [0.4, 0.5) is 14.9 Å². The summed E-state index contributed by atoms with van der Waals surface area (Å²) in [5, 5.41) is 9.32. The van der Waals surface area contributed by atoms with Crippen molar-refractivity contribution in [2.45, 2.75) is 52.8 Å². The lowest BCUT2D eigenvalue weighted by Crippen LogP contribution is -2.55. The van der Waals surface area contributed by atoms with Crippen LogP contribution in [0.3, 0.4) is 0 Å². The Morgan fingerprint density at radius 2 is 1.94 bits per heavy atom. The number of carboxylic acid groups (broad SMARTS) is 1. The number of carboxylic acids is 1. The second-order valence-electron chi connectivity index (χ2n) is 8.75. The average Bonchev–Trinajstić information content (AvgIpc) is 2.66. The van der Waals surface area contributed by atoms with E-state index in [-0.39, 0.29) is 17.0 Å². The van der Waals surface area contributed by atoms with E-state index in [1.165, 1.54) is 6.20 Å². The zero-order valence-corrected chi connectivity index (χ0v) is 18.4. The normalized spacial score (nSPS) is 17.2. The van der Waals surface area contributed by atoms with Gasteiger partial charge in [0, 0.05) is 43.8 Å². The van der Waals surface area contributed by atoms with E-state index in [0.29, 0.717) is 37.4 Å². The molecule has 1 unspecified atom stereocenters. The third-order valence-corrected chi connectivity index (χ3v) is 5.32. The van der Waals surface area contributed by atoms with E-state index in [2.05, 4.69) is 0 Å². The number of hydrogen-bond donors (Lipinski definition) is 1. The van der Waals surface area contributed by atoms with Gasteiger partial charge in [0.25, 0.3) is 0 Å². The second kappa shape index (κ2) is 8.20. The number of carbonyl (C=O) groups is 2. The Hall–Kier alpha value is -3.10. The molecule has 1 fully saturated rings. The van der Waals surface area contributed by atoms with Crippen molar-refractivity contribution >= 4 is 28.7 Å². The monoisotopic (exact) mass is 433 g/mol. The van der Waals surface area contributed by atoms with Gasteiger partial charge in [-0.2, -0.15) is 0 Å². The van der Waals surface area contributed by atoms with Crippen LogP contribution in [0.25, 0.3) is 10.9 Å². The molecule has 1 aromatic heterocycles. The lowest BCUT2D eigenvalue weighted by Gasteiger charge is -2.41. The Morgan fingerprint density at radius 1 is 1.26 bits per heavy atom. The Labute approximate surface area is 179 Å². The summed E-state index contributed by atoms with van der Waals surface area (Å²) in [5.41, 5.74) is -0.914. The largest absolute Gasteiger partial charge is 0.477 e. The molecule has 0 aliphatic carbocycles. The summed E-state index contributed by atoms with van der Waals surface area (Å²) in [6, 6.07) is 2.48. The highest BCUT2D eigenvalue weighted by atomic mass is 19.1. The maximum atomic E-state index is 15.0. The van der Waals surface area contributed by atoms with Crippen molar-refractivity contribution in [3.8, 4) is 0 Å². The molecule has 1 aliphatic rings. The molecule has 0 saturated carbocycles. The van der Waals surface area contributed by atoms with E-state index >= 15 is 4.39 Å². The molecule has 1 aromatic carbocycles. The van der Waals surface area contributed by atoms with E-state index in [9.17, 15) is 19.5 Å². The quantitative estimate of drug-likeness (QED) is 0.799. The molecule has 1 N–H and O–H groups in total. The molecule has 1 saturated heterocycles. The number of nitrogens with zero attached hydrogens (tertiary/aromatic N) is 3. The number of ether oxygens (including phenoxy) is 1. The molecule has 2 heterocycles. The van der Waals surface area contributed by atoms with Crippen molar-refractivity contribution in [2.24, 2.45) is 0 Å². The van der Waals surface area contributed by atoms with Gasteiger partial charge < -0.3 is 24.2 Å². The van der Waals surface area contributed by atoms with Crippen LogP contribution in [0.15, 0.2) is 23.1 Å². The van der Waals surface area contributed by atoms with Gasteiger partial charge in [-0.15, -0.1) is 0 Å². The molecular formula is C22H28FN3O5. The maximum absolute atomic E-state index is 15.0. The smallest absolute Gasteiger partial charge is 0.410 e. The molecule has 168 valence electrons. The SMILES string of the molecule is CCn1cc(C(=O)O)c(=O)c2cc(F)c(N3CCN(C(=O)OC(C)(C)C)C(C)C3)cc21. The number of benzene rings is 1. The minimum absolute atomic E-state index is 0.0310. The Bertz CT molecular complexity index is 1090. The number of anilines is 1. The first-order valence-electron chi connectivity index (χ1n) is 10.3. The molecule has 1 amide bonds. The molecule has 0 spiro atoms. The number of amides is 1. The summed E-state index contributed by atoms with van der Waals surface area (Å²) in [5.74, 6) is -1.95. The third kappa shape index (κ3) is 4.50. The van der Waals surface area contributed by atoms with Crippen molar-refractivity contribution in [3.05, 3.63) is 39.9 Å². The number of aryl methyl sites for hydroxylation is 1. The molecule has 0 radical (unpaired) electrons. The Morgan fingerprint density at radius 3 is 2.48 bits per heavy atom. The number of rotatable bonds is 3. The van der Waals surface area contributed by atoms with Gasteiger partial charge >= 0.3 is 12.1 Å². The van der Waals surface area contributed by atoms with Gasteiger partial charge in [0.15, 0.2) is 0 Å². The topological polar surface area (TPSA) is 92.1 Å². The maximum Gasteiger partial charge on any atom is 0.410 e. The van der Waals surface area contributed by atoms with E-state index in [4.69, 9.17) is 4.74 Å². The summed E-state index contributed by atoms with van der Waals surface area (Å²) in [6.07, 6.45) is 0.886. The van der Waals surface area contributed by atoms with E-state index in [1.54, 1.807) is 36.3 Å². The molecule has 2 aromatic rings. The first-order chi connectivity index (χ1) is 14.4. The van der Waals surface area contributed by atoms with Gasteiger partial charge in [0.2, 0.25) is 5.43 Å². The summed E-state index contributed by atoms with van der Waals surface area (Å²) >= 11 is 0. The molecule has 9 heteroatoms. The lowest BCUT2D eigenvalue weighted by atomic mass is 10.1. The van der Waals surface area contributed by atoms with Crippen LogP contribution in [0.2, 0.25) is 0 Å². The van der Waals surface area contributed by atoms with Gasteiger partial charge in [-0.1, -0.05) is 0 Å². The highest BCUT2D eigenvalue weighted by Gasteiger charge is 2.32. The number of aromatic carboxylic acids is 1. The zero-order chi connectivity index (χ0) is 23.1. The van der Waals surface area contributed by atoms with Crippen LogP contribution in [0, 0.1) is 5.82 Å². The predicted molar refractivity (Wildman–Crippen MR) is 115 cm³/mol. The van der Waals surface area contributed by atoms with Gasteiger partial charge in [-0.3, -0.25) is 4.79 Å². The van der Waals surface area contributed by atoms with E-state index in [1.807, 2.05) is 18.7 Å². The van der Waals surface area contributed by atoms with Crippen molar-refractivity contribution in [2.75, 3.05) is 24.5 Å². The fourth-order valence-corrected chi connectivity index (χ4v) is 3.82. The van der Waals surface area contributed by atoms with Crippen molar-refractivity contribution in [1.29, 1.82) is 0 Å². The molecule has 0 bridgehead atoms. The average molecular weight is 433 g/mol. The summed E-state index contributed by atoms with van der Waals surface area (Å²) in [4.78, 5) is 39.8. The molecule has 8 nitrogen and oxygen atoms in total. The number of aromatic nitrogens is 1. The number of fused-ring (bicyclic) bond motifs is 1. The number of piperazine rings is 1. The Kier molecular flexibility index (Phi) is 5.98. The first-order valence-corrected chi connectivity index (χ1v) is 10.3. The molecular weight excluding hydrogens is 405 g/mol. The van der Waals surface area contributed by atoms with Gasteiger partial charge in [0.05, 0.1) is 11.2 Å².